The van der Waals surface area contributed by atoms with Gasteiger partial charge in [-0.05, 0) is 55.3 Å². The van der Waals surface area contributed by atoms with Crippen LogP contribution >= 0.6 is 11.3 Å². The highest BCUT2D eigenvalue weighted by molar-refractivity contribution is 7.10. The topological polar surface area (TPSA) is 47.3 Å². The van der Waals surface area contributed by atoms with Gasteiger partial charge in [-0.25, -0.2) is 0 Å². The second kappa shape index (κ2) is 5.75. The molecule has 0 saturated carbocycles. The average molecular weight is 288 g/mol. The highest BCUT2D eigenvalue weighted by atomic mass is 32.1. The summed E-state index contributed by atoms with van der Waals surface area (Å²) in [6.45, 7) is 2.60. The number of nitrogen functional groups attached to an aromatic ring is 1. The Labute approximate surface area is 123 Å². The number of aryl methyl sites for hydroxylation is 1. The van der Waals surface area contributed by atoms with E-state index in [-0.39, 0.29) is 0 Å². The van der Waals surface area contributed by atoms with Crippen LogP contribution in [0.2, 0.25) is 0 Å². The van der Waals surface area contributed by atoms with Crippen LogP contribution in [-0.4, -0.2) is 6.61 Å². The minimum Gasteiger partial charge on any atom is -0.492 e. The molecule has 1 unspecified atom stereocenters. The van der Waals surface area contributed by atoms with Crippen LogP contribution < -0.4 is 15.8 Å². The molecule has 1 aliphatic carbocycles. The summed E-state index contributed by atoms with van der Waals surface area (Å²) in [7, 11) is 0. The van der Waals surface area contributed by atoms with Crippen LogP contribution in [0.4, 0.5) is 11.4 Å². The maximum Gasteiger partial charge on any atom is 0.144 e. The number of ether oxygens (including phenoxy) is 1. The second-order valence-corrected chi connectivity index (χ2v) is 6.04. The van der Waals surface area contributed by atoms with Gasteiger partial charge in [-0.1, -0.05) is 6.07 Å². The number of benzene rings is 1. The van der Waals surface area contributed by atoms with Gasteiger partial charge in [0.25, 0.3) is 0 Å². The van der Waals surface area contributed by atoms with E-state index in [9.17, 15) is 0 Å². The molecule has 1 aromatic carbocycles. The fourth-order valence-electron chi connectivity index (χ4n) is 2.78. The third kappa shape index (κ3) is 2.48. The monoisotopic (exact) mass is 288 g/mol. The molecule has 3 N–H and O–H groups in total. The predicted octanol–water partition coefficient (Wildman–Crippen LogP) is 4.22. The number of hydrogen-bond acceptors (Lipinski definition) is 4. The molecular formula is C16H20N2OS. The van der Waals surface area contributed by atoms with Crippen molar-refractivity contribution in [3.05, 3.63) is 40.1 Å². The molecule has 0 aliphatic heterocycles. The summed E-state index contributed by atoms with van der Waals surface area (Å²) in [6, 6.07) is 8.53. The second-order valence-electron chi connectivity index (χ2n) is 5.04. The van der Waals surface area contributed by atoms with Gasteiger partial charge in [0.2, 0.25) is 0 Å². The standard InChI is InChI=1S/C16H20N2OS/c1-2-19-14-7-3-6-13(16(14)17)18-12-5-4-8-15-11(12)9-10-20-15/h3,6-7,9-10,12,18H,2,4-5,8,17H2,1H3. The minimum absolute atomic E-state index is 0.365. The molecule has 2 aromatic rings. The lowest BCUT2D eigenvalue weighted by atomic mass is 9.94. The zero-order chi connectivity index (χ0) is 13.9. The molecule has 0 bridgehead atoms. The molecule has 3 nitrogen and oxygen atoms in total. The summed E-state index contributed by atoms with van der Waals surface area (Å²) in [4.78, 5) is 1.51. The van der Waals surface area contributed by atoms with E-state index in [0.717, 1.165) is 17.9 Å². The summed E-state index contributed by atoms with van der Waals surface area (Å²) >= 11 is 1.86. The molecule has 0 fully saturated rings. The number of fused-ring (bicyclic) bond motifs is 1. The van der Waals surface area contributed by atoms with Crippen LogP contribution in [0.25, 0.3) is 0 Å². The number of anilines is 2. The van der Waals surface area contributed by atoms with Crippen LogP contribution in [0, 0.1) is 0 Å². The molecular weight excluding hydrogens is 268 g/mol. The molecule has 1 aliphatic rings. The lowest BCUT2D eigenvalue weighted by Gasteiger charge is -2.25. The summed E-state index contributed by atoms with van der Waals surface area (Å²) < 4.78 is 5.56. The van der Waals surface area contributed by atoms with Crippen LogP contribution in [0.5, 0.6) is 5.75 Å². The Hall–Kier alpha value is -1.68. The molecule has 106 valence electrons. The predicted molar refractivity (Wildman–Crippen MR) is 85.6 cm³/mol. The first-order valence-corrected chi connectivity index (χ1v) is 8.01. The van der Waals surface area contributed by atoms with E-state index in [1.54, 1.807) is 0 Å². The molecule has 4 heteroatoms. The molecule has 0 amide bonds. The van der Waals surface area contributed by atoms with Crippen molar-refractivity contribution in [3.63, 3.8) is 0 Å². The summed E-state index contributed by atoms with van der Waals surface area (Å²) in [5.41, 5.74) is 9.31. The van der Waals surface area contributed by atoms with Gasteiger partial charge in [-0.15, -0.1) is 11.3 Å². The van der Waals surface area contributed by atoms with E-state index in [4.69, 9.17) is 10.5 Å². The van der Waals surface area contributed by atoms with Gasteiger partial charge in [-0.3, -0.25) is 0 Å². The Morgan fingerprint density at radius 2 is 2.30 bits per heavy atom. The SMILES string of the molecule is CCOc1cccc(NC2CCCc3sccc32)c1N. The number of thiophene rings is 1. The lowest BCUT2D eigenvalue weighted by molar-refractivity contribution is 0.342. The zero-order valence-corrected chi connectivity index (χ0v) is 12.5. The van der Waals surface area contributed by atoms with E-state index in [1.165, 1.54) is 23.3 Å². The van der Waals surface area contributed by atoms with Gasteiger partial charge in [0.1, 0.15) is 5.75 Å². The minimum atomic E-state index is 0.365. The number of nitrogens with two attached hydrogens (primary N) is 1. The third-order valence-electron chi connectivity index (χ3n) is 3.75. The Kier molecular flexibility index (Phi) is 3.83. The number of nitrogens with one attached hydrogen (secondary N) is 1. The molecule has 20 heavy (non-hydrogen) atoms. The summed E-state index contributed by atoms with van der Waals surface area (Å²) in [6.07, 6.45) is 3.60. The van der Waals surface area contributed by atoms with E-state index < -0.39 is 0 Å². The zero-order valence-electron chi connectivity index (χ0n) is 11.7. The summed E-state index contributed by atoms with van der Waals surface area (Å²) in [5, 5.41) is 5.78. The Morgan fingerprint density at radius 3 is 3.15 bits per heavy atom. The fourth-order valence-corrected chi connectivity index (χ4v) is 3.76. The van der Waals surface area contributed by atoms with Crippen molar-refractivity contribution in [2.75, 3.05) is 17.7 Å². The number of para-hydroxylation sites is 1. The average Bonchev–Trinajstić information content (AvgIpc) is 2.93. The largest absolute Gasteiger partial charge is 0.492 e. The fraction of sp³-hybridized carbons (Fsp3) is 0.375. The number of hydrogen-bond donors (Lipinski definition) is 2. The van der Waals surface area contributed by atoms with E-state index >= 15 is 0 Å². The van der Waals surface area contributed by atoms with Crippen molar-refractivity contribution in [1.29, 1.82) is 0 Å². The Morgan fingerprint density at radius 1 is 1.40 bits per heavy atom. The van der Waals surface area contributed by atoms with Crippen molar-refractivity contribution in [3.8, 4) is 5.75 Å². The van der Waals surface area contributed by atoms with Gasteiger partial charge in [0.15, 0.2) is 0 Å². The van der Waals surface area contributed by atoms with Gasteiger partial charge in [0.05, 0.1) is 24.0 Å². The van der Waals surface area contributed by atoms with E-state index in [1.807, 2.05) is 36.5 Å². The maximum atomic E-state index is 6.20. The molecule has 1 heterocycles. The molecule has 0 radical (unpaired) electrons. The van der Waals surface area contributed by atoms with E-state index in [0.29, 0.717) is 18.3 Å². The highest BCUT2D eigenvalue weighted by Gasteiger charge is 2.21. The molecule has 3 rings (SSSR count). The van der Waals surface area contributed by atoms with Crippen LogP contribution in [0.1, 0.15) is 36.2 Å². The molecule has 1 aromatic heterocycles. The summed E-state index contributed by atoms with van der Waals surface area (Å²) in [5.74, 6) is 0.763. The molecule has 0 spiro atoms. The van der Waals surface area contributed by atoms with Crippen molar-refractivity contribution in [1.82, 2.24) is 0 Å². The van der Waals surface area contributed by atoms with Gasteiger partial charge >= 0.3 is 0 Å². The van der Waals surface area contributed by atoms with Crippen LogP contribution in [0.15, 0.2) is 29.6 Å². The smallest absolute Gasteiger partial charge is 0.144 e. The van der Waals surface area contributed by atoms with Crippen molar-refractivity contribution in [2.24, 2.45) is 0 Å². The van der Waals surface area contributed by atoms with Crippen LogP contribution in [0.3, 0.4) is 0 Å². The third-order valence-corrected chi connectivity index (χ3v) is 4.74. The van der Waals surface area contributed by atoms with Crippen molar-refractivity contribution >= 4 is 22.7 Å². The molecule has 1 atom stereocenters. The normalized spacial score (nSPS) is 17.6. The number of rotatable bonds is 4. The molecule has 0 saturated heterocycles. The van der Waals surface area contributed by atoms with E-state index in [2.05, 4.69) is 16.8 Å². The Bertz CT molecular complexity index is 594. The Balaban J connectivity index is 1.84. The first kappa shape index (κ1) is 13.3. The first-order chi connectivity index (χ1) is 9.79. The highest BCUT2D eigenvalue weighted by Crippen LogP contribution is 2.38. The van der Waals surface area contributed by atoms with Gasteiger partial charge in [0, 0.05) is 4.88 Å². The quantitative estimate of drug-likeness (QED) is 0.828. The van der Waals surface area contributed by atoms with Crippen LogP contribution in [-0.2, 0) is 6.42 Å². The van der Waals surface area contributed by atoms with Gasteiger partial charge in [-0.2, -0.15) is 0 Å². The maximum absolute atomic E-state index is 6.20. The first-order valence-electron chi connectivity index (χ1n) is 7.13. The van der Waals surface area contributed by atoms with Gasteiger partial charge < -0.3 is 15.8 Å². The van der Waals surface area contributed by atoms with Crippen molar-refractivity contribution in [2.45, 2.75) is 32.2 Å². The lowest BCUT2D eigenvalue weighted by Crippen LogP contribution is -2.16. The van der Waals surface area contributed by atoms with Crippen molar-refractivity contribution < 1.29 is 4.74 Å².